The third-order valence-corrected chi connectivity index (χ3v) is 4.00. The van der Waals surface area contributed by atoms with Gasteiger partial charge < -0.3 is 21.7 Å². The molecule has 0 amide bonds. The van der Waals surface area contributed by atoms with E-state index in [0.29, 0.717) is 11.7 Å². The SMILES string of the molecule is CC(N)=N/C(NCCN1CCC1)=C(\N)C(C)c1ccccc1. The van der Waals surface area contributed by atoms with E-state index in [1.54, 1.807) is 6.92 Å². The maximum absolute atomic E-state index is 6.35. The van der Waals surface area contributed by atoms with E-state index in [1.807, 2.05) is 18.2 Å². The van der Waals surface area contributed by atoms with Crippen LogP contribution in [0.1, 0.15) is 31.7 Å². The number of rotatable bonds is 7. The molecule has 1 saturated heterocycles. The molecule has 5 N–H and O–H groups in total. The van der Waals surface area contributed by atoms with E-state index in [4.69, 9.17) is 11.5 Å². The van der Waals surface area contributed by atoms with Gasteiger partial charge in [-0.15, -0.1) is 0 Å². The lowest BCUT2D eigenvalue weighted by atomic mass is 9.98. The Labute approximate surface area is 133 Å². The van der Waals surface area contributed by atoms with E-state index < -0.39 is 0 Å². The van der Waals surface area contributed by atoms with Crippen molar-refractivity contribution in [2.75, 3.05) is 26.2 Å². The highest BCUT2D eigenvalue weighted by molar-refractivity contribution is 5.78. The van der Waals surface area contributed by atoms with E-state index in [2.05, 4.69) is 34.3 Å². The summed E-state index contributed by atoms with van der Waals surface area (Å²) in [5.74, 6) is 1.29. The minimum Gasteiger partial charge on any atom is -0.399 e. The van der Waals surface area contributed by atoms with Crippen molar-refractivity contribution in [3.05, 3.63) is 47.4 Å². The molecule has 1 aliphatic heterocycles. The van der Waals surface area contributed by atoms with Gasteiger partial charge in [0.05, 0.1) is 11.5 Å². The molecule has 1 aromatic carbocycles. The summed E-state index contributed by atoms with van der Waals surface area (Å²) in [6.07, 6.45) is 1.30. The Kier molecular flexibility index (Phi) is 5.83. The summed E-state index contributed by atoms with van der Waals surface area (Å²) in [6.45, 7) is 8.08. The summed E-state index contributed by atoms with van der Waals surface area (Å²) < 4.78 is 0. The molecule has 1 atom stereocenters. The number of nitrogens with one attached hydrogen (secondary N) is 1. The summed E-state index contributed by atoms with van der Waals surface area (Å²) in [4.78, 5) is 6.79. The molecule has 0 radical (unpaired) electrons. The van der Waals surface area contributed by atoms with Crippen molar-refractivity contribution >= 4 is 5.84 Å². The minimum atomic E-state index is 0.0933. The first-order valence-corrected chi connectivity index (χ1v) is 7.89. The van der Waals surface area contributed by atoms with E-state index in [-0.39, 0.29) is 5.92 Å². The molecular weight excluding hydrogens is 274 g/mol. The van der Waals surface area contributed by atoms with Gasteiger partial charge in [0.15, 0.2) is 0 Å². The minimum absolute atomic E-state index is 0.0933. The summed E-state index contributed by atoms with van der Waals surface area (Å²) in [5, 5.41) is 3.35. The number of benzene rings is 1. The largest absolute Gasteiger partial charge is 0.399 e. The quantitative estimate of drug-likeness (QED) is 0.528. The van der Waals surface area contributed by atoms with Gasteiger partial charge in [-0.2, -0.15) is 0 Å². The number of aliphatic imine (C=N–C) groups is 1. The number of nitrogens with zero attached hydrogens (tertiary/aromatic N) is 2. The highest BCUT2D eigenvalue weighted by Gasteiger charge is 2.15. The molecule has 0 aliphatic carbocycles. The molecule has 1 aromatic rings. The van der Waals surface area contributed by atoms with Crippen LogP contribution in [0.25, 0.3) is 0 Å². The van der Waals surface area contributed by atoms with Gasteiger partial charge in [-0.05, 0) is 32.0 Å². The molecule has 5 nitrogen and oxygen atoms in total. The molecule has 5 heteroatoms. The first-order valence-electron chi connectivity index (χ1n) is 7.89. The molecule has 1 fully saturated rings. The van der Waals surface area contributed by atoms with E-state index >= 15 is 0 Å². The predicted octanol–water partition coefficient (Wildman–Crippen LogP) is 1.59. The molecule has 1 aliphatic rings. The van der Waals surface area contributed by atoms with Crippen LogP contribution in [0.15, 0.2) is 46.8 Å². The van der Waals surface area contributed by atoms with Crippen molar-refractivity contribution < 1.29 is 0 Å². The zero-order chi connectivity index (χ0) is 15.9. The zero-order valence-electron chi connectivity index (χ0n) is 13.5. The van der Waals surface area contributed by atoms with Crippen LogP contribution in [0.3, 0.4) is 0 Å². The van der Waals surface area contributed by atoms with Gasteiger partial charge >= 0.3 is 0 Å². The van der Waals surface area contributed by atoms with Crippen molar-refractivity contribution in [2.45, 2.75) is 26.2 Å². The summed E-state index contributed by atoms with van der Waals surface area (Å²) in [6, 6.07) is 10.2. The summed E-state index contributed by atoms with van der Waals surface area (Å²) in [5.41, 5.74) is 14.0. The average Bonchev–Trinajstić information content (AvgIpc) is 2.47. The van der Waals surface area contributed by atoms with Crippen LogP contribution in [0, 0.1) is 0 Å². The third kappa shape index (κ3) is 4.49. The Morgan fingerprint density at radius 3 is 2.50 bits per heavy atom. The van der Waals surface area contributed by atoms with Gasteiger partial charge in [-0.25, -0.2) is 4.99 Å². The van der Waals surface area contributed by atoms with Gasteiger partial charge in [-0.3, -0.25) is 0 Å². The number of amidine groups is 1. The lowest BCUT2D eigenvalue weighted by Gasteiger charge is -2.30. The molecule has 0 spiro atoms. The van der Waals surface area contributed by atoms with Gasteiger partial charge in [0.25, 0.3) is 0 Å². The maximum Gasteiger partial charge on any atom is 0.147 e. The van der Waals surface area contributed by atoms with Crippen LogP contribution in [-0.4, -0.2) is 36.9 Å². The van der Waals surface area contributed by atoms with Gasteiger partial charge in [-0.1, -0.05) is 37.3 Å². The zero-order valence-corrected chi connectivity index (χ0v) is 13.5. The number of hydrogen-bond acceptors (Lipinski definition) is 4. The third-order valence-electron chi connectivity index (χ3n) is 4.00. The fourth-order valence-corrected chi connectivity index (χ4v) is 2.45. The van der Waals surface area contributed by atoms with Gasteiger partial charge in [0.1, 0.15) is 5.82 Å². The molecule has 0 saturated carbocycles. The number of nitrogens with two attached hydrogens (primary N) is 2. The van der Waals surface area contributed by atoms with Crippen LogP contribution in [0.5, 0.6) is 0 Å². The molecular formula is C17H27N5. The normalized spacial score (nSPS) is 18.4. The first kappa shape index (κ1) is 16.4. The topological polar surface area (TPSA) is 79.7 Å². The molecule has 120 valence electrons. The highest BCUT2D eigenvalue weighted by Crippen LogP contribution is 2.22. The lowest BCUT2D eigenvalue weighted by Crippen LogP contribution is -2.41. The lowest BCUT2D eigenvalue weighted by molar-refractivity contribution is 0.184. The average molecular weight is 301 g/mol. The number of allylic oxidation sites excluding steroid dienone is 1. The Balaban J connectivity index is 2.08. The Bertz CT molecular complexity index is 527. The predicted molar refractivity (Wildman–Crippen MR) is 92.4 cm³/mol. The monoisotopic (exact) mass is 301 g/mol. The van der Waals surface area contributed by atoms with Crippen LogP contribution >= 0.6 is 0 Å². The van der Waals surface area contributed by atoms with E-state index in [1.165, 1.54) is 25.1 Å². The fraction of sp³-hybridized carbons (Fsp3) is 0.471. The maximum atomic E-state index is 6.35. The summed E-state index contributed by atoms with van der Waals surface area (Å²) in [7, 11) is 0. The molecule has 1 unspecified atom stereocenters. The van der Waals surface area contributed by atoms with Crippen molar-refractivity contribution in [1.82, 2.24) is 10.2 Å². The molecule has 0 aromatic heterocycles. The fourth-order valence-electron chi connectivity index (χ4n) is 2.45. The molecule has 2 rings (SSSR count). The van der Waals surface area contributed by atoms with E-state index in [9.17, 15) is 0 Å². The van der Waals surface area contributed by atoms with Crippen molar-refractivity contribution in [3.63, 3.8) is 0 Å². The standard InChI is InChI=1S/C17H27N5/c1-13(15-7-4-3-5-8-15)16(19)17(21-14(2)18)20-9-12-22-10-6-11-22/h3-5,7-8,13,20H,6,9-12,19H2,1-2H3,(H2,18,21)/b17-16-. The number of hydrogen-bond donors (Lipinski definition) is 3. The second-order valence-corrected chi connectivity index (χ2v) is 5.81. The van der Waals surface area contributed by atoms with Crippen LogP contribution in [0.2, 0.25) is 0 Å². The molecule has 22 heavy (non-hydrogen) atoms. The van der Waals surface area contributed by atoms with E-state index in [0.717, 1.165) is 18.8 Å². The van der Waals surface area contributed by atoms with Crippen molar-refractivity contribution in [2.24, 2.45) is 16.5 Å². The smallest absolute Gasteiger partial charge is 0.147 e. The van der Waals surface area contributed by atoms with Gasteiger partial charge in [0.2, 0.25) is 0 Å². The Morgan fingerprint density at radius 2 is 1.95 bits per heavy atom. The Hall–Kier alpha value is -2.01. The first-order chi connectivity index (χ1) is 10.6. The second-order valence-electron chi connectivity index (χ2n) is 5.81. The summed E-state index contributed by atoms with van der Waals surface area (Å²) >= 11 is 0. The Morgan fingerprint density at radius 1 is 1.27 bits per heavy atom. The molecule has 1 heterocycles. The van der Waals surface area contributed by atoms with Crippen molar-refractivity contribution in [1.29, 1.82) is 0 Å². The second kappa shape index (κ2) is 7.84. The van der Waals surface area contributed by atoms with Crippen molar-refractivity contribution in [3.8, 4) is 0 Å². The number of likely N-dealkylation sites (tertiary alicyclic amines) is 1. The highest BCUT2D eigenvalue weighted by atomic mass is 15.2. The van der Waals surface area contributed by atoms with Crippen LogP contribution in [0.4, 0.5) is 0 Å². The van der Waals surface area contributed by atoms with Crippen LogP contribution in [-0.2, 0) is 0 Å². The van der Waals surface area contributed by atoms with Gasteiger partial charge in [0, 0.05) is 19.0 Å². The van der Waals surface area contributed by atoms with Crippen LogP contribution < -0.4 is 16.8 Å². The molecule has 0 bridgehead atoms.